The highest BCUT2D eigenvalue weighted by Gasteiger charge is 2.31. The van der Waals surface area contributed by atoms with E-state index in [-0.39, 0.29) is 28.7 Å². The summed E-state index contributed by atoms with van der Waals surface area (Å²) in [4.78, 5) is 28.2. The van der Waals surface area contributed by atoms with Crippen LogP contribution >= 0.6 is 22.9 Å². The number of thiophene rings is 1. The molecular formula is C24H22ClFN2O3S. The minimum atomic E-state index is -0.514. The topological polar surface area (TPSA) is 58.6 Å². The van der Waals surface area contributed by atoms with E-state index in [1.807, 2.05) is 44.2 Å². The summed E-state index contributed by atoms with van der Waals surface area (Å²) in [5, 5.41) is 3.31. The number of nitrogens with one attached hydrogen (secondary N) is 1. The number of carbonyl (C=O) groups excluding carboxylic acids is 2. The second kappa shape index (κ2) is 9.40. The van der Waals surface area contributed by atoms with E-state index in [2.05, 4.69) is 5.32 Å². The van der Waals surface area contributed by atoms with Crippen LogP contribution in [0, 0.1) is 12.7 Å². The third-order valence-corrected chi connectivity index (χ3v) is 6.70. The van der Waals surface area contributed by atoms with Gasteiger partial charge >= 0.3 is 0 Å². The lowest BCUT2D eigenvalue weighted by molar-refractivity contribution is -0.0690. The molecule has 1 aliphatic rings. The van der Waals surface area contributed by atoms with Crippen LogP contribution in [0.2, 0.25) is 5.02 Å². The molecule has 1 N–H and O–H groups in total. The molecule has 0 bridgehead atoms. The molecule has 2 unspecified atom stereocenters. The molecule has 2 aromatic carbocycles. The molecule has 0 radical (unpaired) electrons. The van der Waals surface area contributed by atoms with Gasteiger partial charge in [0.05, 0.1) is 33.1 Å². The molecule has 166 valence electrons. The molecule has 1 fully saturated rings. The molecule has 4 rings (SSSR count). The maximum absolute atomic E-state index is 13.3. The zero-order valence-electron chi connectivity index (χ0n) is 17.6. The van der Waals surface area contributed by atoms with E-state index < -0.39 is 11.7 Å². The molecular weight excluding hydrogens is 451 g/mol. The van der Waals surface area contributed by atoms with Crippen molar-refractivity contribution >= 4 is 39.8 Å². The Kier molecular flexibility index (Phi) is 6.60. The second-order valence-corrected chi connectivity index (χ2v) is 9.22. The number of rotatable bonds is 4. The van der Waals surface area contributed by atoms with Crippen molar-refractivity contribution in [2.75, 3.05) is 18.4 Å². The van der Waals surface area contributed by atoms with E-state index in [4.69, 9.17) is 16.3 Å². The predicted molar refractivity (Wildman–Crippen MR) is 124 cm³/mol. The molecule has 1 saturated heterocycles. The van der Waals surface area contributed by atoms with Crippen LogP contribution in [0.3, 0.4) is 0 Å². The molecule has 0 spiro atoms. The third kappa shape index (κ3) is 4.85. The maximum Gasteiger partial charge on any atom is 0.264 e. The van der Waals surface area contributed by atoms with Crippen LogP contribution in [-0.4, -0.2) is 35.9 Å². The third-order valence-electron chi connectivity index (χ3n) is 5.24. The fourth-order valence-corrected chi connectivity index (χ4v) is 5.01. The summed E-state index contributed by atoms with van der Waals surface area (Å²) in [6.45, 7) is 4.74. The molecule has 2 heterocycles. The van der Waals surface area contributed by atoms with Gasteiger partial charge in [0.1, 0.15) is 11.9 Å². The Morgan fingerprint density at radius 1 is 1.16 bits per heavy atom. The predicted octanol–water partition coefficient (Wildman–Crippen LogP) is 5.70. The number of benzene rings is 2. The highest BCUT2D eigenvalue weighted by Crippen LogP contribution is 2.32. The van der Waals surface area contributed by atoms with E-state index in [0.29, 0.717) is 23.0 Å². The number of hydrogen-bond acceptors (Lipinski definition) is 4. The van der Waals surface area contributed by atoms with Crippen molar-refractivity contribution in [1.29, 1.82) is 0 Å². The Hall–Kier alpha value is -2.74. The summed E-state index contributed by atoms with van der Waals surface area (Å²) in [6, 6.07) is 15.2. The van der Waals surface area contributed by atoms with Gasteiger partial charge in [-0.05, 0) is 49.2 Å². The number of nitrogens with zero attached hydrogens (tertiary/aromatic N) is 1. The summed E-state index contributed by atoms with van der Waals surface area (Å²) < 4.78 is 19.3. The van der Waals surface area contributed by atoms with Crippen LogP contribution in [0.1, 0.15) is 44.2 Å². The molecule has 2 atom stereocenters. The van der Waals surface area contributed by atoms with Gasteiger partial charge in [-0.25, -0.2) is 4.39 Å². The minimum absolute atomic E-state index is 0.0290. The number of amides is 2. The van der Waals surface area contributed by atoms with Crippen LogP contribution in [-0.2, 0) is 4.74 Å². The highest BCUT2D eigenvalue weighted by molar-refractivity contribution is 7.18. The van der Waals surface area contributed by atoms with Gasteiger partial charge < -0.3 is 15.0 Å². The van der Waals surface area contributed by atoms with Gasteiger partial charge in [0.25, 0.3) is 11.8 Å². The zero-order valence-corrected chi connectivity index (χ0v) is 19.2. The second-order valence-electron chi connectivity index (χ2n) is 7.76. The van der Waals surface area contributed by atoms with Gasteiger partial charge in [0.2, 0.25) is 0 Å². The van der Waals surface area contributed by atoms with Gasteiger partial charge in [-0.15, -0.1) is 11.3 Å². The summed E-state index contributed by atoms with van der Waals surface area (Å²) >= 11 is 7.20. The first-order chi connectivity index (χ1) is 15.3. The van der Waals surface area contributed by atoms with E-state index in [1.54, 1.807) is 11.0 Å². The number of carbonyl (C=O) groups is 2. The molecule has 0 saturated carbocycles. The molecule has 32 heavy (non-hydrogen) atoms. The van der Waals surface area contributed by atoms with Crippen LogP contribution in [0.25, 0.3) is 0 Å². The van der Waals surface area contributed by atoms with Crippen LogP contribution < -0.4 is 5.32 Å². The Morgan fingerprint density at radius 3 is 2.62 bits per heavy atom. The van der Waals surface area contributed by atoms with Gasteiger partial charge in [-0.3, -0.25) is 9.59 Å². The lowest BCUT2D eigenvalue weighted by atomic mass is 10.1. The number of anilines is 1. The van der Waals surface area contributed by atoms with E-state index in [0.717, 1.165) is 17.2 Å². The number of morpholine rings is 1. The Labute approximate surface area is 194 Å². The first-order valence-corrected chi connectivity index (χ1v) is 11.4. The van der Waals surface area contributed by atoms with Crippen molar-refractivity contribution in [3.8, 4) is 0 Å². The number of halogens is 2. The molecule has 1 aromatic heterocycles. The van der Waals surface area contributed by atoms with Crippen LogP contribution in [0.4, 0.5) is 9.39 Å². The smallest absolute Gasteiger partial charge is 0.264 e. The maximum atomic E-state index is 13.3. The zero-order chi connectivity index (χ0) is 22.8. The van der Waals surface area contributed by atoms with Gasteiger partial charge in [0, 0.05) is 6.54 Å². The number of hydrogen-bond donors (Lipinski definition) is 1. The molecule has 3 aromatic rings. The summed E-state index contributed by atoms with van der Waals surface area (Å²) in [5.74, 6) is -1.07. The van der Waals surface area contributed by atoms with E-state index >= 15 is 0 Å². The van der Waals surface area contributed by atoms with E-state index in [9.17, 15) is 14.0 Å². The molecule has 8 heteroatoms. The Morgan fingerprint density at radius 2 is 1.91 bits per heavy atom. The van der Waals surface area contributed by atoms with Crippen molar-refractivity contribution < 1.29 is 18.7 Å². The quantitative estimate of drug-likeness (QED) is 0.529. The highest BCUT2D eigenvalue weighted by atomic mass is 35.5. The normalized spacial score (nSPS) is 18.4. The molecule has 2 amide bonds. The Balaban J connectivity index is 1.50. The van der Waals surface area contributed by atoms with Crippen LogP contribution in [0.15, 0.2) is 54.6 Å². The first kappa shape index (κ1) is 22.5. The van der Waals surface area contributed by atoms with Gasteiger partial charge in [-0.1, -0.05) is 41.9 Å². The van der Waals surface area contributed by atoms with Crippen LogP contribution in [0.5, 0.6) is 0 Å². The van der Waals surface area contributed by atoms with Gasteiger partial charge in [-0.2, -0.15) is 0 Å². The van der Waals surface area contributed by atoms with E-state index in [1.165, 1.54) is 23.5 Å². The summed E-state index contributed by atoms with van der Waals surface area (Å²) in [5.41, 5.74) is 1.97. The fraction of sp³-hybridized carbons (Fsp3) is 0.250. The van der Waals surface area contributed by atoms with Crippen molar-refractivity contribution in [2.24, 2.45) is 0 Å². The minimum Gasteiger partial charge on any atom is -0.367 e. The lowest BCUT2D eigenvalue weighted by Crippen LogP contribution is -2.45. The summed E-state index contributed by atoms with van der Waals surface area (Å²) in [7, 11) is 0. The Bertz CT molecular complexity index is 1150. The van der Waals surface area contributed by atoms with Crippen molar-refractivity contribution in [3.63, 3.8) is 0 Å². The number of aryl methyl sites for hydroxylation is 1. The number of ether oxygens (including phenoxy) is 1. The largest absolute Gasteiger partial charge is 0.367 e. The average molecular weight is 473 g/mol. The molecule has 0 aliphatic carbocycles. The summed E-state index contributed by atoms with van der Waals surface area (Å²) in [6.07, 6.45) is -0.290. The SMILES string of the molecule is Cc1cc(NC(=O)c2ccc(F)cc2Cl)sc1C(=O)N1CC(C)OC(c2ccccc2)C1. The fourth-order valence-electron chi connectivity index (χ4n) is 3.72. The van der Waals surface area contributed by atoms with Crippen molar-refractivity contribution in [3.05, 3.63) is 87.0 Å². The lowest BCUT2D eigenvalue weighted by Gasteiger charge is -2.37. The van der Waals surface area contributed by atoms with Crippen molar-refractivity contribution in [1.82, 2.24) is 4.90 Å². The average Bonchev–Trinajstić information content (AvgIpc) is 3.13. The standard InChI is InChI=1S/C24H22ClFN2O3S/c1-14-10-21(27-23(29)18-9-8-17(26)11-19(18)25)32-22(14)24(30)28-12-15(2)31-20(13-28)16-6-4-3-5-7-16/h3-11,15,20H,12-13H2,1-2H3,(H,27,29). The van der Waals surface area contributed by atoms with Crippen molar-refractivity contribution in [2.45, 2.75) is 26.1 Å². The monoisotopic (exact) mass is 472 g/mol. The first-order valence-electron chi connectivity index (χ1n) is 10.2. The molecule has 5 nitrogen and oxygen atoms in total. The molecule has 1 aliphatic heterocycles. The van der Waals surface area contributed by atoms with Gasteiger partial charge in [0.15, 0.2) is 0 Å².